The van der Waals surface area contributed by atoms with Gasteiger partial charge in [0.2, 0.25) is 11.8 Å². The number of rotatable bonds is 3. The Kier molecular flexibility index (Phi) is 4.34. The van der Waals surface area contributed by atoms with Gasteiger partial charge in [0.05, 0.1) is 18.3 Å². The van der Waals surface area contributed by atoms with E-state index in [-0.39, 0.29) is 30.5 Å². The minimum Gasteiger partial charge on any atom is -0.394 e. The van der Waals surface area contributed by atoms with Crippen LogP contribution in [0.1, 0.15) is 6.42 Å². The third-order valence-electron chi connectivity index (χ3n) is 4.14. The summed E-state index contributed by atoms with van der Waals surface area (Å²) in [5, 5.41) is 16.6. The van der Waals surface area contributed by atoms with Gasteiger partial charge in [0.15, 0.2) is 0 Å². The van der Waals surface area contributed by atoms with E-state index in [0.29, 0.717) is 0 Å². The molecule has 0 saturated carbocycles. The van der Waals surface area contributed by atoms with Crippen LogP contribution in [0.2, 0.25) is 0 Å². The van der Waals surface area contributed by atoms with Crippen LogP contribution in [-0.4, -0.2) is 59.1 Å². The predicted molar refractivity (Wildman–Crippen MR) is 81.5 cm³/mol. The fourth-order valence-corrected chi connectivity index (χ4v) is 2.99. The molecular weight excluding hydrogens is 319 g/mol. The number of nitrogens with one attached hydrogen (secondary N) is 3. The average molecular weight is 336 g/mol. The number of amides is 4. The molecule has 0 spiro atoms. The quantitative estimate of drug-likeness (QED) is 0.591. The first-order valence-electron chi connectivity index (χ1n) is 7.53. The van der Waals surface area contributed by atoms with Crippen molar-refractivity contribution in [1.82, 2.24) is 15.5 Å². The first kappa shape index (κ1) is 16.2. The van der Waals surface area contributed by atoms with Gasteiger partial charge in [-0.2, -0.15) is 0 Å². The van der Waals surface area contributed by atoms with E-state index in [2.05, 4.69) is 16.0 Å². The van der Waals surface area contributed by atoms with Gasteiger partial charge in [-0.3, -0.25) is 9.59 Å². The number of piperazine rings is 1. The molecule has 9 heteroatoms. The van der Waals surface area contributed by atoms with Crippen molar-refractivity contribution in [2.24, 2.45) is 0 Å². The summed E-state index contributed by atoms with van der Waals surface area (Å²) in [6.07, 6.45) is 0.264. The Morgan fingerprint density at radius 1 is 1.38 bits per heavy atom. The molecule has 2 aliphatic heterocycles. The number of carbonyl (C=O) groups is 3. The molecule has 128 valence electrons. The molecule has 2 fully saturated rings. The first-order chi connectivity index (χ1) is 11.5. The van der Waals surface area contributed by atoms with Crippen LogP contribution in [-0.2, 0) is 9.59 Å². The van der Waals surface area contributed by atoms with E-state index in [1.165, 1.54) is 23.1 Å². The fraction of sp³-hybridized carbons (Fsp3) is 0.400. The fourth-order valence-electron chi connectivity index (χ4n) is 2.99. The highest BCUT2D eigenvalue weighted by atomic mass is 19.1. The van der Waals surface area contributed by atoms with Gasteiger partial charge in [-0.1, -0.05) is 12.1 Å². The van der Waals surface area contributed by atoms with Crippen molar-refractivity contribution in [1.29, 1.82) is 0 Å². The molecule has 0 radical (unpaired) electrons. The predicted octanol–water partition coefficient (Wildman–Crippen LogP) is -0.593. The molecule has 24 heavy (non-hydrogen) atoms. The first-order valence-corrected chi connectivity index (χ1v) is 7.53. The number of nitrogens with zero attached hydrogens (tertiary/aromatic N) is 1. The Labute approximate surface area is 137 Å². The number of aliphatic hydroxyl groups is 1. The SMILES string of the molecule is O=C(Nc1ccccc1F)N[C@H]1C[C@H]2C(=O)N[C@H](CO)C(=O)N2C1. The molecule has 3 rings (SSSR count). The minimum atomic E-state index is -0.945. The molecule has 2 saturated heterocycles. The molecule has 2 heterocycles. The summed E-state index contributed by atoms with van der Waals surface area (Å²) < 4.78 is 13.5. The molecule has 0 bridgehead atoms. The van der Waals surface area contributed by atoms with Gasteiger partial charge >= 0.3 is 6.03 Å². The number of benzene rings is 1. The lowest BCUT2D eigenvalue weighted by molar-refractivity contribution is -0.148. The number of urea groups is 1. The van der Waals surface area contributed by atoms with Gasteiger partial charge in [0.25, 0.3) is 0 Å². The van der Waals surface area contributed by atoms with Gasteiger partial charge in [-0.25, -0.2) is 9.18 Å². The Morgan fingerprint density at radius 2 is 2.12 bits per heavy atom. The molecular formula is C15H17FN4O4. The zero-order valence-electron chi connectivity index (χ0n) is 12.7. The smallest absolute Gasteiger partial charge is 0.319 e. The van der Waals surface area contributed by atoms with Crippen LogP contribution in [0.3, 0.4) is 0 Å². The number of halogens is 1. The third kappa shape index (κ3) is 3.02. The highest BCUT2D eigenvalue weighted by Gasteiger charge is 2.46. The lowest BCUT2D eigenvalue weighted by Crippen LogP contribution is -2.62. The van der Waals surface area contributed by atoms with Crippen LogP contribution < -0.4 is 16.0 Å². The number of carbonyl (C=O) groups excluding carboxylic acids is 3. The summed E-state index contributed by atoms with van der Waals surface area (Å²) >= 11 is 0. The summed E-state index contributed by atoms with van der Waals surface area (Å²) in [6.45, 7) is -0.308. The number of fused-ring (bicyclic) bond motifs is 1. The largest absolute Gasteiger partial charge is 0.394 e. The van der Waals surface area contributed by atoms with Crippen molar-refractivity contribution in [3.63, 3.8) is 0 Å². The van der Waals surface area contributed by atoms with E-state index in [9.17, 15) is 18.8 Å². The molecule has 4 amide bonds. The summed E-state index contributed by atoms with van der Waals surface area (Å²) in [6, 6.07) is 3.09. The summed E-state index contributed by atoms with van der Waals surface area (Å²) in [7, 11) is 0. The lowest BCUT2D eigenvalue weighted by atomic mass is 10.1. The Morgan fingerprint density at radius 3 is 2.83 bits per heavy atom. The number of hydrogen-bond acceptors (Lipinski definition) is 4. The van der Waals surface area contributed by atoms with Crippen molar-refractivity contribution >= 4 is 23.5 Å². The second-order valence-corrected chi connectivity index (χ2v) is 5.76. The molecule has 2 aliphatic rings. The molecule has 1 aromatic rings. The van der Waals surface area contributed by atoms with Crippen molar-refractivity contribution in [3.05, 3.63) is 30.1 Å². The van der Waals surface area contributed by atoms with Crippen molar-refractivity contribution in [2.45, 2.75) is 24.5 Å². The van der Waals surface area contributed by atoms with E-state index in [0.717, 1.165) is 0 Å². The minimum absolute atomic E-state index is 0.0416. The van der Waals surface area contributed by atoms with Crippen LogP contribution in [0.15, 0.2) is 24.3 Å². The van der Waals surface area contributed by atoms with Gasteiger partial charge in [0, 0.05) is 6.54 Å². The Balaban J connectivity index is 1.62. The highest BCUT2D eigenvalue weighted by molar-refractivity contribution is 5.98. The average Bonchev–Trinajstić information content (AvgIpc) is 2.97. The van der Waals surface area contributed by atoms with Crippen molar-refractivity contribution < 1.29 is 23.9 Å². The van der Waals surface area contributed by atoms with Gasteiger partial charge in [0.1, 0.15) is 17.9 Å². The van der Waals surface area contributed by atoms with E-state index >= 15 is 0 Å². The topological polar surface area (TPSA) is 111 Å². The van der Waals surface area contributed by atoms with Crippen LogP contribution in [0.5, 0.6) is 0 Å². The third-order valence-corrected chi connectivity index (χ3v) is 4.14. The maximum atomic E-state index is 13.5. The van der Waals surface area contributed by atoms with Crippen LogP contribution in [0.25, 0.3) is 0 Å². The molecule has 1 aromatic carbocycles. The van der Waals surface area contributed by atoms with Gasteiger partial charge in [-0.05, 0) is 18.6 Å². The standard InChI is InChI=1S/C15H17FN4O4/c16-9-3-1-2-4-10(9)19-15(24)17-8-5-12-13(22)18-11(7-21)14(23)20(12)6-8/h1-4,8,11-12,21H,5-7H2,(H,18,22)(H2,17,19,24)/t8-,11+,12-/m0/s1. The molecule has 4 N–H and O–H groups in total. The normalized spacial score (nSPS) is 25.9. The number of hydrogen-bond donors (Lipinski definition) is 4. The van der Waals surface area contributed by atoms with Crippen molar-refractivity contribution in [2.75, 3.05) is 18.5 Å². The molecule has 3 atom stereocenters. The molecule has 0 aliphatic carbocycles. The summed E-state index contributed by atoms with van der Waals surface area (Å²) in [5.41, 5.74) is 0.0416. The monoisotopic (exact) mass is 336 g/mol. The Bertz CT molecular complexity index is 683. The van der Waals surface area contributed by atoms with E-state index in [1.807, 2.05) is 0 Å². The second-order valence-electron chi connectivity index (χ2n) is 5.76. The van der Waals surface area contributed by atoms with E-state index in [1.54, 1.807) is 6.07 Å². The molecule has 8 nitrogen and oxygen atoms in total. The number of para-hydroxylation sites is 1. The van der Waals surface area contributed by atoms with E-state index in [4.69, 9.17) is 5.11 Å². The zero-order chi connectivity index (χ0) is 17.3. The Hall–Kier alpha value is -2.68. The summed E-state index contributed by atoms with van der Waals surface area (Å²) in [4.78, 5) is 37.4. The van der Waals surface area contributed by atoms with E-state index < -0.39 is 36.6 Å². The maximum absolute atomic E-state index is 13.5. The van der Waals surface area contributed by atoms with Crippen LogP contribution in [0.4, 0.5) is 14.9 Å². The highest BCUT2D eigenvalue weighted by Crippen LogP contribution is 2.23. The lowest BCUT2D eigenvalue weighted by Gasteiger charge is -2.33. The van der Waals surface area contributed by atoms with Crippen molar-refractivity contribution in [3.8, 4) is 0 Å². The van der Waals surface area contributed by atoms with Crippen LogP contribution >= 0.6 is 0 Å². The van der Waals surface area contributed by atoms with Gasteiger partial charge < -0.3 is 26.0 Å². The molecule has 0 aromatic heterocycles. The van der Waals surface area contributed by atoms with Gasteiger partial charge in [-0.15, -0.1) is 0 Å². The number of aliphatic hydroxyl groups excluding tert-OH is 1. The maximum Gasteiger partial charge on any atom is 0.319 e. The van der Waals surface area contributed by atoms with Crippen LogP contribution in [0, 0.1) is 5.82 Å². The number of anilines is 1. The summed E-state index contributed by atoms with van der Waals surface area (Å²) in [5.74, 6) is -1.29. The molecule has 0 unspecified atom stereocenters. The zero-order valence-corrected chi connectivity index (χ0v) is 12.7. The second kappa shape index (κ2) is 6.44.